The Kier molecular flexibility index (Phi) is 20.3. The number of nitrogens with two attached hydrogens (primary N) is 1. The number of carbonyl (C=O) groups is 2. The number of hydrogen-bond acceptors (Lipinski definition) is 3. The Bertz CT molecular complexity index is 842. The molecule has 2 N–H and O–H groups in total. The molecule has 2 aromatic rings. The Balaban J connectivity index is 0.000000941. The molecule has 2 rings (SSSR count). The summed E-state index contributed by atoms with van der Waals surface area (Å²) in [6, 6.07) is 15.3. The third-order valence-corrected chi connectivity index (χ3v) is 5.90. The van der Waals surface area contributed by atoms with Crippen molar-refractivity contribution in [3.8, 4) is 0 Å². The van der Waals surface area contributed by atoms with Crippen molar-refractivity contribution in [3.05, 3.63) is 70.8 Å². The van der Waals surface area contributed by atoms with Crippen LogP contribution >= 0.6 is 0 Å². The van der Waals surface area contributed by atoms with E-state index in [4.69, 9.17) is 5.73 Å². The first-order valence-electron chi connectivity index (χ1n) is 14.2. The van der Waals surface area contributed by atoms with E-state index in [2.05, 4.69) is 25.7 Å². The Hall–Kier alpha value is -2.46. The zero-order valence-electron chi connectivity index (χ0n) is 23.9. The number of unbranched alkanes of at least 4 members (excludes halogenated alkanes) is 6. The highest BCUT2D eigenvalue weighted by Crippen LogP contribution is 2.14. The van der Waals surface area contributed by atoms with Gasteiger partial charge in [-0.2, -0.15) is 0 Å². The molecule has 202 valence electrons. The average molecular weight is 497 g/mol. The number of primary amides is 1. The van der Waals surface area contributed by atoms with Crippen molar-refractivity contribution < 1.29 is 9.59 Å². The van der Waals surface area contributed by atoms with Gasteiger partial charge in [-0.3, -0.25) is 14.5 Å². The lowest BCUT2D eigenvalue weighted by Gasteiger charge is -2.21. The summed E-state index contributed by atoms with van der Waals surface area (Å²) in [7, 11) is 0. The van der Waals surface area contributed by atoms with Crippen LogP contribution in [0.3, 0.4) is 0 Å². The fourth-order valence-electron chi connectivity index (χ4n) is 3.86. The molecular weight excluding hydrogens is 444 g/mol. The third-order valence-electron chi connectivity index (χ3n) is 5.90. The predicted octanol–water partition coefficient (Wildman–Crippen LogP) is 8.57. The second-order valence-electron chi connectivity index (χ2n) is 9.01. The van der Waals surface area contributed by atoms with Gasteiger partial charge in [-0.05, 0) is 42.3 Å². The maximum Gasteiger partial charge on any atom is 0.248 e. The van der Waals surface area contributed by atoms with E-state index in [1.54, 1.807) is 6.07 Å². The fraction of sp³-hybridized carbons (Fsp3) is 0.562. The molecule has 0 aliphatic carbocycles. The lowest BCUT2D eigenvalue weighted by Crippen LogP contribution is -2.23. The highest BCUT2D eigenvalue weighted by atomic mass is 16.1. The van der Waals surface area contributed by atoms with E-state index in [0.717, 1.165) is 42.7 Å². The van der Waals surface area contributed by atoms with Gasteiger partial charge in [-0.1, -0.05) is 117 Å². The number of nitrogens with zero attached hydrogens (tertiary/aromatic N) is 1. The van der Waals surface area contributed by atoms with Crippen molar-refractivity contribution in [2.45, 2.75) is 112 Å². The van der Waals surface area contributed by atoms with Gasteiger partial charge < -0.3 is 5.73 Å². The van der Waals surface area contributed by atoms with E-state index in [1.807, 2.05) is 63.2 Å². The summed E-state index contributed by atoms with van der Waals surface area (Å²) >= 11 is 0. The second kappa shape index (κ2) is 21.8. The molecule has 0 unspecified atom stereocenters. The van der Waals surface area contributed by atoms with Gasteiger partial charge in [-0.25, -0.2) is 0 Å². The quantitative estimate of drug-likeness (QED) is 0.198. The monoisotopic (exact) mass is 496 g/mol. The third kappa shape index (κ3) is 14.8. The van der Waals surface area contributed by atoms with Crippen LogP contribution in [0, 0.1) is 0 Å². The first-order chi connectivity index (χ1) is 17.4. The first-order valence-corrected chi connectivity index (χ1v) is 14.2. The van der Waals surface area contributed by atoms with E-state index in [0.29, 0.717) is 12.0 Å². The van der Waals surface area contributed by atoms with Crippen LogP contribution in [0.5, 0.6) is 0 Å². The minimum absolute atomic E-state index is 0.196. The summed E-state index contributed by atoms with van der Waals surface area (Å²) in [6.45, 7) is 15.0. The largest absolute Gasteiger partial charge is 0.366 e. The van der Waals surface area contributed by atoms with Crippen molar-refractivity contribution in [2.75, 3.05) is 6.54 Å². The maximum atomic E-state index is 12.1. The molecule has 0 aliphatic heterocycles. The van der Waals surface area contributed by atoms with Gasteiger partial charge in [0, 0.05) is 30.6 Å². The van der Waals surface area contributed by atoms with Crippen LogP contribution in [0.25, 0.3) is 0 Å². The molecule has 0 aromatic heterocycles. The highest BCUT2D eigenvalue weighted by molar-refractivity contribution is 5.96. The lowest BCUT2D eigenvalue weighted by atomic mass is 10.0. The van der Waals surface area contributed by atoms with Crippen molar-refractivity contribution in [2.24, 2.45) is 5.73 Å². The lowest BCUT2D eigenvalue weighted by molar-refractivity contribution is 0.0978. The zero-order valence-corrected chi connectivity index (χ0v) is 23.9. The fourth-order valence-corrected chi connectivity index (χ4v) is 3.86. The van der Waals surface area contributed by atoms with Crippen molar-refractivity contribution >= 4 is 11.7 Å². The van der Waals surface area contributed by atoms with Crippen LogP contribution in [0.2, 0.25) is 0 Å². The standard InChI is InChI=1S/C21H26N2O2.C9H20.C2H6/c1-3-7-20(24)18-10-5-8-16(12-18)14-23(4-2)15-17-9-6-11-19(13-17)21(22)25;1-3-5-7-9-8-6-4-2;1-2/h5-6,8-13H,3-4,7,14-15H2,1-2H3,(H2,22,25);3-9H2,1-2H3;1-2H3. The number of Topliss-reactive ketones (excluding diaryl/α,β-unsaturated/α-hetero) is 1. The molecular formula is C32H52N2O2. The van der Waals surface area contributed by atoms with Gasteiger partial charge in [0.25, 0.3) is 0 Å². The van der Waals surface area contributed by atoms with Gasteiger partial charge in [0.05, 0.1) is 0 Å². The summed E-state index contributed by atoms with van der Waals surface area (Å²) < 4.78 is 0. The summed E-state index contributed by atoms with van der Waals surface area (Å²) in [4.78, 5) is 25.7. The Morgan fingerprint density at radius 2 is 1.17 bits per heavy atom. The molecule has 4 nitrogen and oxygen atoms in total. The number of hydrogen-bond donors (Lipinski definition) is 1. The van der Waals surface area contributed by atoms with Crippen LogP contribution in [0.15, 0.2) is 48.5 Å². The van der Waals surface area contributed by atoms with Crippen LogP contribution < -0.4 is 5.73 Å². The number of carbonyl (C=O) groups excluding carboxylic acids is 2. The topological polar surface area (TPSA) is 63.4 Å². The smallest absolute Gasteiger partial charge is 0.248 e. The molecule has 0 atom stereocenters. The molecule has 36 heavy (non-hydrogen) atoms. The van der Waals surface area contributed by atoms with Gasteiger partial charge >= 0.3 is 0 Å². The number of rotatable bonds is 15. The van der Waals surface area contributed by atoms with Crippen LogP contribution in [-0.4, -0.2) is 23.1 Å². The summed E-state index contributed by atoms with van der Waals surface area (Å²) in [5.74, 6) is -0.214. The van der Waals surface area contributed by atoms with Crippen molar-refractivity contribution in [3.63, 3.8) is 0 Å². The zero-order chi connectivity index (χ0) is 27.2. The molecule has 0 saturated heterocycles. The molecule has 1 amide bonds. The molecule has 0 saturated carbocycles. The summed E-state index contributed by atoms with van der Waals surface area (Å²) in [6.07, 6.45) is 11.4. The molecule has 0 heterocycles. The van der Waals surface area contributed by atoms with Crippen molar-refractivity contribution in [1.29, 1.82) is 0 Å². The Morgan fingerprint density at radius 1 is 0.694 bits per heavy atom. The normalized spacial score (nSPS) is 10.2. The first kappa shape index (κ1) is 33.5. The number of benzene rings is 2. The van der Waals surface area contributed by atoms with Gasteiger partial charge in [0.15, 0.2) is 5.78 Å². The van der Waals surface area contributed by atoms with Gasteiger partial charge in [0.1, 0.15) is 0 Å². The van der Waals surface area contributed by atoms with Crippen molar-refractivity contribution in [1.82, 2.24) is 4.90 Å². The summed E-state index contributed by atoms with van der Waals surface area (Å²) in [5.41, 5.74) is 8.84. The predicted molar refractivity (Wildman–Crippen MR) is 155 cm³/mol. The SMILES string of the molecule is CC.CCCC(=O)c1cccc(CN(CC)Cc2cccc(C(N)=O)c2)c1.CCCCCCCCC. The van der Waals surface area contributed by atoms with Crippen LogP contribution in [0.1, 0.15) is 131 Å². The maximum absolute atomic E-state index is 12.1. The molecule has 0 aliphatic rings. The molecule has 0 radical (unpaired) electrons. The van der Waals surface area contributed by atoms with E-state index in [1.165, 1.54) is 44.9 Å². The second-order valence-corrected chi connectivity index (χ2v) is 9.01. The minimum atomic E-state index is -0.410. The van der Waals surface area contributed by atoms with Crippen LogP contribution in [0.4, 0.5) is 0 Å². The minimum Gasteiger partial charge on any atom is -0.366 e. The molecule has 0 spiro atoms. The van der Waals surface area contributed by atoms with Gasteiger partial charge in [0.2, 0.25) is 5.91 Å². The Morgan fingerprint density at radius 3 is 1.61 bits per heavy atom. The number of amides is 1. The van der Waals surface area contributed by atoms with E-state index >= 15 is 0 Å². The molecule has 0 bridgehead atoms. The van der Waals surface area contributed by atoms with E-state index < -0.39 is 5.91 Å². The van der Waals surface area contributed by atoms with Crippen LogP contribution in [-0.2, 0) is 13.1 Å². The van der Waals surface area contributed by atoms with E-state index in [-0.39, 0.29) is 5.78 Å². The molecule has 4 heteroatoms. The van der Waals surface area contributed by atoms with Gasteiger partial charge in [-0.15, -0.1) is 0 Å². The summed E-state index contributed by atoms with van der Waals surface area (Å²) in [5, 5.41) is 0. The van der Waals surface area contributed by atoms with E-state index in [9.17, 15) is 9.59 Å². The number of ketones is 1. The molecule has 2 aromatic carbocycles. The molecule has 0 fully saturated rings. The average Bonchev–Trinajstić information content (AvgIpc) is 2.90. The Labute approximate surface area is 221 Å². The highest BCUT2D eigenvalue weighted by Gasteiger charge is 2.10.